The molecule has 0 atom stereocenters. The predicted molar refractivity (Wildman–Crippen MR) is 115 cm³/mol. The predicted octanol–water partition coefficient (Wildman–Crippen LogP) is 3.76. The van der Waals surface area contributed by atoms with Gasteiger partial charge in [-0.2, -0.15) is 10.5 Å². The fourth-order valence-electron chi connectivity index (χ4n) is 1.56. The molecule has 0 unspecified atom stereocenters. The summed E-state index contributed by atoms with van der Waals surface area (Å²) in [6.45, 7) is 7.94. The normalized spacial score (nSPS) is 9.53. The first-order valence-corrected chi connectivity index (χ1v) is 9.13. The highest BCUT2D eigenvalue weighted by Gasteiger charge is 2.07. The van der Waals surface area contributed by atoms with Crippen molar-refractivity contribution in [2.45, 2.75) is 33.3 Å². The first-order valence-electron chi connectivity index (χ1n) is 9.13. The Bertz CT molecular complexity index is 879. The molecule has 0 aliphatic heterocycles. The zero-order chi connectivity index (χ0) is 22.8. The molecule has 0 aromatic carbocycles. The number of aromatic nitrogens is 2. The van der Waals surface area contributed by atoms with E-state index < -0.39 is 5.60 Å². The highest BCUT2D eigenvalue weighted by atomic mass is 16.5. The lowest BCUT2D eigenvalue weighted by atomic mass is 10.2. The average Bonchev–Trinajstić information content (AvgIpc) is 2.75. The zero-order valence-corrected chi connectivity index (χ0v) is 17.7. The van der Waals surface area contributed by atoms with Crippen LogP contribution in [-0.4, -0.2) is 33.9 Å². The first kappa shape index (κ1) is 26.1. The maximum Gasteiger partial charge on any atom is 0.213 e. The summed E-state index contributed by atoms with van der Waals surface area (Å²) < 4.78 is 10.3. The molecule has 0 radical (unpaired) electrons. The van der Waals surface area contributed by atoms with Crippen molar-refractivity contribution in [3.63, 3.8) is 0 Å². The van der Waals surface area contributed by atoms with E-state index in [9.17, 15) is 0 Å². The van der Waals surface area contributed by atoms with E-state index >= 15 is 0 Å². The Labute approximate surface area is 178 Å². The van der Waals surface area contributed by atoms with Crippen molar-refractivity contribution in [2.24, 2.45) is 0 Å². The molecule has 0 aliphatic carbocycles. The Morgan fingerprint density at radius 3 is 1.90 bits per heavy atom. The lowest BCUT2D eigenvalue weighted by molar-refractivity contribution is 0.141. The summed E-state index contributed by atoms with van der Waals surface area (Å²) in [4.78, 5) is 8.01. The van der Waals surface area contributed by atoms with Crippen LogP contribution in [0.4, 0.5) is 0 Å². The number of pyridine rings is 2. The third-order valence-electron chi connectivity index (χ3n) is 2.87. The molecule has 0 spiro atoms. The van der Waals surface area contributed by atoms with Gasteiger partial charge in [0.25, 0.3) is 0 Å². The van der Waals surface area contributed by atoms with Crippen molar-refractivity contribution in [3.05, 3.63) is 53.9 Å². The zero-order valence-electron chi connectivity index (χ0n) is 17.7. The lowest BCUT2D eigenvalue weighted by Crippen LogP contribution is -2.13. The maximum absolute atomic E-state index is 8.47. The minimum absolute atomic E-state index is 0.608. The van der Waals surface area contributed by atoms with Crippen LogP contribution >= 0.6 is 0 Å². The highest BCUT2D eigenvalue weighted by molar-refractivity contribution is 5.50. The minimum atomic E-state index is -1.15. The topological polar surface area (TPSA) is 112 Å². The molecule has 30 heavy (non-hydrogen) atoms. The molecular formula is C23H26N4O3. The van der Waals surface area contributed by atoms with Crippen molar-refractivity contribution in [2.75, 3.05) is 13.2 Å². The fraction of sp³-hybridized carbons (Fsp3) is 0.304. The average molecular weight is 406 g/mol. The van der Waals surface area contributed by atoms with E-state index in [1.54, 1.807) is 42.7 Å². The molecule has 2 aromatic rings. The second kappa shape index (κ2) is 15.1. The number of allylic oxidation sites excluding steroid dienone is 1. The second-order valence-corrected chi connectivity index (χ2v) is 5.96. The van der Waals surface area contributed by atoms with Crippen LogP contribution < -0.4 is 9.47 Å². The highest BCUT2D eigenvalue weighted by Crippen LogP contribution is 2.08. The fourth-order valence-corrected chi connectivity index (χ4v) is 1.56. The van der Waals surface area contributed by atoms with Gasteiger partial charge >= 0.3 is 0 Å². The first-order chi connectivity index (χ1) is 14.3. The molecule has 7 heteroatoms. The summed E-state index contributed by atoms with van der Waals surface area (Å²) in [5, 5.41) is 24.7. The number of terminal acetylenes is 1. The van der Waals surface area contributed by atoms with Gasteiger partial charge in [0.1, 0.15) is 5.60 Å². The van der Waals surface area contributed by atoms with E-state index in [2.05, 4.69) is 15.9 Å². The molecule has 7 nitrogen and oxygen atoms in total. The molecule has 0 fully saturated rings. The summed E-state index contributed by atoms with van der Waals surface area (Å²) in [7, 11) is 0. The number of hydrogen-bond donors (Lipinski definition) is 1. The van der Waals surface area contributed by atoms with E-state index in [4.69, 9.17) is 31.5 Å². The Morgan fingerprint density at radius 1 is 1.03 bits per heavy atom. The molecule has 0 saturated heterocycles. The van der Waals surface area contributed by atoms with Crippen LogP contribution in [-0.2, 0) is 0 Å². The van der Waals surface area contributed by atoms with Crippen molar-refractivity contribution < 1.29 is 14.6 Å². The third kappa shape index (κ3) is 13.3. The number of hydrogen-bond acceptors (Lipinski definition) is 7. The summed E-state index contributed by atoms with van der Waals surface area (Å²) in [5.74, 6) is 3.70. The van der Waals surface area contributed by atoms with Gasteiger partial charge in [-0.05, 0) is 51.5 Å². The number of ether oxygens (including phenoxy) is 2. The molecule has 2 rings (SSSR count). The van der Waals surface area contributed by atoms with Crippen molar-refractivity contribution >= 4 is 6.08 Å². The largest absolute Gasteiger partial charge is 0.478 e. The monoisotopic (exact) mass is 406 g/mol. The summed E-state index contributed by atoms with van der Waals surface area (Å²) in [6.07, 6.45) is 11.5. The van der Waals surface area contributed by atoms with Crippen LogP contribution in [0, 0.1) is 35.0 Å². The Balaban J connectivity index is 0.000000450. The number of nitriles is 2. The van der Waals surface area contributed by atoms with Crippen LogP contribution in [0.15, 0.2) is 42.7 Å². The van der Waals surface area contributed by atoms with Gasteiger partial charge < -0.3 is 14.6 Å². The molecule has 0 aliphatic rings. The molecule has 1 N–H and O–H groups in total. The summed E-state index contributed by atoms with van der Waals surface area (Å²) in [5.41, 5.74) is 0.512. The van der Waals surface area contributed by atoms with E-state index in [-0.39, 0.29) is 0 Å². The van der Waals surface area contributed by atoms with Gasteiger partial charge in [-0.3, -0.25) is 0 Å². The van der Waals surface area contributed by atoms with Crippen LogP contribution in [0.2, 0.25) is 0 Å². The van der Waals surface area contributed by atoms with Gasteiger partial charge in [-0.15, -0.1) is 6.42 Å². The van der Waals surface area contributed by atoms with Crippen molar-refractivity contribution in [1.29, 1.82) is 10.5 Å². The van der Waals surface area contributed by atoms with E-state index in [1.165, 1.54) is 19.9 Å². The van der Waals surface area contributed by atoms with Crippen LogP contribution in [0.3, 0.4) is 0 Å². The van der Waals surface area contributed by atoms with Gasteiger partial charge in [-0.1, -0.05) is 5.92 Å². The van der Waals surface area contributed by atoms with Gasteiger partial charge in [0.05, 0.1) is 25.4 Å². The smallest absolute Gasteiger partial charge is 0.213 e. The maximum atomic E-state index is 8.47. The van der Waals surface area contributed by atoms with E-state index in [0.717, 1.165) is 11.1 Å². The van der Waals surface area contributed by atoms with Crippen LogP contribution in [0.5, 0.6) is 11.8 Å². The molecule has 2 aromatic heterocycles. The standard InChI is InChI=1S/C10H10N2O.C9H9NO.C4H7NO/c1-2-13-10-6-5-9(8-12-10)4-3-7-11;1-3-8-5-6-9(10-7-8)11-4-2;1-4(2,6)3-5/h3-6,8H,2H2,1H3;1,5-7H,4H2,2H3;6H,1-2H3/b4-3+;;. The lowest BCUT2D eigenvalue weighted by Gasteiger charge is -2.00. The van der Waals surface area contributed by atoms with Crippen LogP contribution in [0.25, 0.3) is 6.08 Å². The number of rotatable bonds is 5. The van der Waals surface area contributed by atoms with Gasteiger partial charge in [0, 0.05) is 36.2 Å². The Kier molecular flexibility index (Phi) is 13.2. The van der Waals surface area contributed by atoms with Gasteiger partial charge in [0.2, 0.25) is 11.8 Å². The summed E-state index contributed by atoms with van der Waals surface area (Å²) in [6, 6.07) is 10.8. The SMILES string of the molecule is C#Cc1ccc(OCC)nc1.CC(C)(O)C#N.CCOc1ccc(/C=C/C#N)cn1. The number of aliphatic hydroxyl groups is 1. The van der Waals surface area contributed by atoms with Crippen molar-refractivity contribution in [3.8, 4) is 36.2 Å². The van der Waals surface area contributed by atoms with Gasteiger partial charge in [0.15, 0.2) is 0 Å². The Hall–Kier alpha value is -3.86. The quantitative estimate of drug-likeness (QED) is 0.457. The molecule has 0 saturated carbocycles. The summed E-state index contributed by atoms with van der Waals surface area (Å²) >= 11 is 0. The van der Waals surface area contributed by atoms with E-state index in [0.29, 0.717) is 25.0 Å². The molecule has 156 valence electrons. The Morgan fingerprint density at radius 2 is 1.57 bits per heavy atom. The minimum Gasteiger partial charge on any atom is -0.478 e. The molecule has 0 amide bonds. The molecular weight excluding hydrogens is 380 g/mol. The van der Waals surface area contributed by atoms with Crippen molar-refractivity contribution in [1.82, 2.24) is 9.97 Å². The second-order valence-electron chi connectivity index (χ2n) is 5.96. The van der Waals surface area contributed by atoms with Gasteiger partial charge in [-0.25, -0.2) is 9.97 Å². The third-order valence-corrected chi connectivity index (χ3v) is 2.87. The molecule has 0 bridgehead atoms. The van der Waals surface area contributed by atoms with Crippen LogP contribution in [0.1, 0.15) is 38.8 Å². The number of nitrogens with zero attached hydrogens (tertiary/aromatic N) is 4. The molecule has 2 heterocycles. The van der Waals surface area contributed by atoms with E-state index in [1.807, 2.05) is 26.0 Å².